The highest BCUT2D eigenvalue weighted by Gasteiger charge is 2.14. The smallest absolute Gasteiger partial charge is 0.269 e. The number of anilines is 1. The largest absolute Gasteiger partial charge is 0.493 e. The van der Waals surface area contributed by atoms with Crippen LogP contribution in [0.1, 0.15) is 21.6 Å². The van der Waals surface area contributed by atoms with Crippen molar-refractivity contribution in [1.29, 1.82) is 0 Å². The number of nitrogens with zero attached hydrogens (tertiary/aromatic N) is 1. The Morgan fingerprint density at radius 2 is 2.12 bits per heavy atom. The van der Waals surface area contributed by atoms with Gasteiger partial charge in [0.25, 0.3) is 5.91 Å². The number of amides is 2. The van der Waals surface area contributed by atoms with Gasteiger partial charge in [-0.3, -0.25) is 14.7 Å². The van der Waals surface area contributed by atoms with Crippen LogP contribution in [0.15, 0.2) is 36.4 Å². The first-order chi connectivity index (χ1) is 12.1. The lowest BCUT2D eigenvalue weighted by Gasteiger charge is -2.07. The molecule has 0 spiro atoms. The fraction of sp³-hybridized carbons (Fsp3) is 0.167. The number of carbonyl (C=O) groups excluding carboxylic acids is 2. The molecule has 1 aromatic heterocycles. The van der Waals surface area contributed by atoms with Crippen molar-refractivity contribution in [2.24, 2.45) is 5.73 Å². The second-order valence-corrected chi connectivity index (χ2v) is 5.96. The van der Waals surface area contributed by atoms with Crippen molar-refractivity contribution >= 4 is 28.4 Å². The molecule has 4 N–H and O–H groups in total. The fourth-order valence-corrected chi connectivity index (χ4v) is 3.02. The van der Waals surface area contributed by atoms with Gasteiger partial charge in [0.05, 0.1) is 18.5 Å². The minimum absolute atomic E-state index is 0.137. The molecule has 1 aliphatic heterocycles. The van der Waals surface area contributed by atoms with Gasteiger partial charge in [-0.2, -0.15) is 5.10 Å². The summed E-state index contributed by atoms with van der Waals surface area (Å²) in [4.78, 5) is 23.7. The fourth-order valence-electron chi connectivity index (χ4n) is 3.02. The minimum atomic E-state index is -0.616. The van der Waals surface area contributed by atoms with Crippen LogP contribution in [-0.2, 0) is 17.6 Å². The molecule has 0 saturated carbocycles. The van der Waals surface area contributed by atoms with Crippen LogP contribution in [0.5, 0.6) is 5.75 Å². The number of nitrogens with one attached hydrogen (secondary N) is 2. The number of hydrogen-bond donors (Lipinski definition) is 3. The number of benzene rings is 2. The topological polar surface area (TPSA) is 110 Å². The van der Waals surface area contributed by atoms with E-state index in [0.717, 1.165) is 23.3 Å². The van der Waals surface area contributed by atoms with Gasteiger partial charge in [0.15, 0.2) is 5.69 Å². The van der Waals surface area contributed by atoms with Gasteiger partial charge >= 0.3 is 0 Å². The zero-order chi connectivity index (χ0) is 17.4. The van der Waals surface area contributed by atoms with E-state index >= 15 is 0 Å². The molecule has 0 saturated heterocycles. The highest BCUT2D eigenvalue weighted by molar-refractivity contribution is 6.05. The lowest BCUT2D eigenvalue weighted by atomic mass is 10.1. The van der Waals surface area contributed by atoms with Crippen LogP contribution in [0, 0.1) is 0 Å². The summed E-state index contributed by atoms with van der Waals surface area (Å²) < 4.78 is 5.47. The van der Waals surface area contributed by atoms with Crippen LogP contribution >= 0.6 is 0 Å². The Kier molecular flexibility index (Phi) is 3.61. The van der Waals surface area contributed by atoms with Gasteiger partial charge in [0.2, 0.25) is 5.91 Å². The Bertz CT molecular complexity index is 993. The van der Waals surface area contributed by atoms with Crippen LogP contribution in [0.2, 0.25) is 0 Å². The first-order valence-corrected chi connectivity index (χ1v) is 7.92. The Labute approximate surface area is 143 Å². The molecule has 126 valence electrons. The van der Waals surface area contributed by atoms with E-state index in [1.165, 1.54) is 0 Å². The van der Waals surface area contributed by atoms with Crippen molar-refractivity contribution in [1.82, 2.24) is 10.2 Å². The first-order valence-electron chi connectivity index (χ1n) is 7.92. The summed E-state index contributed by atoms with van der Waals surface area (Å²) in [6.07, 6.45) is 1.14. The molecule has 2 amide bonds. The van der Waals surface area contributed by atoms with E-state index in [2.05, 4.69) is 15.5 Å². The number of fused-ring (bicyclic) bond motifs is 2. The maximum absolute atomic E-state index is 12.3. The Hall–Kier alpha value is -3.35. The van der Waals surface area contributed by atoms with Gasteiger partial charge in [-0.1, -0.05) is 12.1 Å². The monoisotopic (exact) mass is 336 g/mol. The number of aromatic amines is 1. The zero-order valence-electron chi connectivity index (χ0n) is 13.3. The lowest BCUT2D eigenvalue weighted by Crippen LogP contribution is -2.14. The standard InChI is InChI=1S/C18H16N4O3/c19-18(24)17-13-9-12(2-3-14(13)21-22-17)20-16(23)8-10-1-4-15-11(7-10)5-6-25-15/h1-4,7,9H,5-6,8H2,(H2,19,24)(H,20,23)(H,21,22). The summed E-state index contributed by atoms with van der Waals surface area (Å²) in [5.74, 6) is 0.144. The van der Waals surface area contributed by atoms with E-state index in [1.54, 1.807) is 18.2 Å². The summed E-state index contributed by atoms with van der Waals surface area (Å²) in [5, 5.41) is 10.1. The van der Waals surface area contributed by atoms with Crippen LogP contribution in [0.4, 0.5) is 5.69 Å². The highest BCUT2D eigenvalue weighted by atomic mass is 16.5. The Morgan fingerprint density at radius 3 is 2.96 bits per heavy atom. The molecule has 25 heavy (non-hydrogen) atoms. The van der Waals surface area contributed by atoms with Gasteiger partial charge in [0.1, 0.15) is 5.75 Å². The van der Waals surface area contributed by atoms with Crippen LogP contribution in [0.25, 0.3) is 10.9 Å². The first kappa shape index (κ1) is 15.2. The molecule has 1 aliphatic rings. The zero-order valence-corrected chi connectivity index (χ0v) is 13.3. The molecule has 7 heteroatoms. The van der Waals surface area contributed by atoms with Crippen molar-refractivity contribution < 1.29 is 14.3 Å². The average Bonchev–Trinajstić information content (AvgIpc) is 3.20. The van der Waals surface area contributed by atoms with E-state index < -0.39 is 5.91 Å². The number of hydrogen-bond acceptors (Lipinski definition) is 4. The number of ether oxygens (including phenoxy) is 1. The highest BCUT2D eigenvalue weighted by Crippen LogP contribution is 2.26. The van der Waals surface area contributed by atoms with Crippen LogP contribution < -0.4 is 15.8 Å². The third-order valence-corrected chi connectivity index (χ3v) is 4.20. The van der Waals surface area contributed by atoms with Gasteiger partial charge in [0, 0.05) is 17.5 Å². The molecule has 0 fully saturated rings. The molecule has 0 bridgehead atoms. The maximum Gasteiger partial charge on any atom is 0.269 e. The average molecular weight is 336 g/mol. The number of carbonyl (C=O) groups is 2. The molecule has 3 aromatic rings. The maximum atomic E-state index is 12.3. The third-order valence-electron chi connectivity index (χ3n) is 4.20. The molecule has 0 unspecified atom stereocenters. The summed E-state index contributed by atoms with van der Waals surface area (Å²) in [6, 6.07) is 11.0. The molecule has 4 rings (SSSR count). The predicted octanol–water partition coefficient (Wildman–Crippen LogP) is 1.78. The minimum Gasteiger partial charge on any atom is -0.493 e. The van der Waals surface area contributed by atoms with Gasteiger partial charge < -0.3 is 15.8 Å². The van der Waals surface area contributed by atoms with E-state index in [1.807, 2.05) is 18.2 Å². The quantitative estimate of drug-likeness (QED) is 0.674. The summed E-state index contributed by atoms with van der Waals surface area (Å²) in [7, 11) is 0. The second kappa shape index (κ2) is 5.94. The Balaban J connectivity index is 1.51. The molecule has 0 atom stereocenters. The van der Waals surface area contributed by atoms with Gasteiger partial charge in [-0.15, -0.1) is 0 Å². The normalized spacial score (nSPS) is 12.6. The second-order valence-electron chi connectivity index (χ2n) is 5.96. The number of aromatic nitrogens is 2. The summed E-state index contributed by atoms with van der Waals surface area (Å²) >= 11 is 0. The van der Waals surface area contributed by atoms with E-state index in [9.17, 15) is 9.59 Å². The molecule has 7 nitrogen and oxygen atoms in total. The van der Waals surface area contributed by atoms with Crippen molar-refractivity contribution in [3.63, 3.8) is 0 Å². The number of H-pyrrole nitrogens is 1. The predicted molar refractivity (Wildman–Crippen MR) is 92.6 cm³/mol. The van der Waals surface area contributed by atoms with Gasteiger partial charge in [-0.05, 0) is 35.4 Å². The van der Waals surface area contributed by atoms with E-state index in [-0.39, 0.29) is 18.0 Å². The van der Waals surface area contributed by atoms with Crippen molar-refractivity contribution in [3.8, 4) is 5.75 Å². The number of primary amides is 1. The van der Waals surface area contributed by atoms with Crippen molar-refractivity contribution in [3.05, 3.63) is 53.2 Å². The lowest BCUT2D eigenvalue weighted by molar-refractivity contribution is -0.115. The molecule has 0 radical (unpaired) electrons. The molecule has 2 aromatic carbocycles. The molecular weight excluding hydrogens is 320 g/mol. The number of nitrogens with two attached hydrogens (primary N) is 1. The number of rotatable bonds is 4. The summed E-state index contributed by atoms with van der Waals surface area (Å²) in [5.41, 5.74) is 8.80. The Morgan fingerprint density at radius 1 is 1.24 bits per heavy atom. The molecule has 0 aliphatic carbocycles. The van der Waals surface area contributed by atoms with Crippen LogP contribution in [-0.4, -0.2) is 28.6 Å². The van der Waals surface area contributed by atoms with Crippen molar-refractivity contribution in [2.75, 3.05) is 11.9 Å². The van der Waals surface area contributed by atoms with Crippen LogP contribution in [0.3, 0.4) is 0 Å². The van der Waals surface area contributed by atoms with E-state index in [0.29, 0.717) is 23.2 Å². The summed E-state index contributed by atoms with van der Waals surface area (Å²) in [6.45, 7) is 0.692. The SMILES string of the molecule is NC(=O)c1n[nH]c2ccc(NC(=O)Cc3ccc4c(c3)CCO4)cc12. The molecular formula is C18H16N4O3. The molecule has 2 heterocycles. The van der Waals surface area contributed by atoms with Gasteiger partial charge in [-0.25, -0.2) is 0 Å². The third kappa shape index (κ3) is 2.91. The van der Waals surface area contributed by atoms with E-state index in [4.69, 9.17) is 10.5 Å². The van der Waals surface area contributed by atoms with Crippen molar-refractivity contribution in [2.45, 2.75) is 12.8 Å².